The van der Waals surface area contributed by atoms with Gasteiger partial charge >= 0.3 is 5.97 Å². The highest BCUT2D eigenvalue weighted by Gasteiger charge is 2.10. The highest BCUT2D eigenvalue weighted by atomic mass is 32.1. The van der Waals surface area contributed by atoms with Gasteiger partial charge in [-0.15, -0.1) is 0 Å². The second kappa shape index (κ2) is 7.37. The third-order valence-corrected chi connectivity index (χ3v) is 3.12. The number of nitrogens with one attached hydrogen (secondary N) is 2. The number of amides is 1. The van der Waals surface area contributed by atoms with Gasteiger partial charge < -0.3 is 15.2 Å². The van der Waals surface area contributed by atoms with Crippen molar-refractivity contribution in [1.82, 2.24) is 5.32 Å². The number of ether oxygens (including phenoxy) is 1. The number of thiocarbonyl (C=S) groups is 1. The van der Waals surface area contributed by atoms with E-state index < -0.39 is 11.9 Å². The Morgan fingerprint density at radius 2 is 1.57 bits per heavy atom. The lowest BCUT2D eigenvalue weighted by Gasteiger charge is -2.10. The molecule has 6 nitrogen and oxygen atoms in total. The molecule has 23 heavy (non-hydrogen) atoms. The summed E-state index contributed by atoms with van der Waals surface area (Å²) in [6.45, 7) is 0. The van der Waals surface area contributed by atoms with Gasteiger partial charge in [0, 0.05) is 11.3 Å². The van der Waals surface area contributed by atoms with Crippen molar-refractivity contribution in [3.8, 4) is 5.75 Å². The van der Waals surface area contributed by atoms with Crippen LogP contribution in [0.25, 0.3) is 0 Å². The first kappa shape index (κ1) is 16.4. The Kier molecular flexibility index (Phi) is 5.27. The molecule has 0 saturated heterocycles. The van der Waals surface area contributed by atoms with Crippen LogP contribution < -0.4 is 10.6 Å². The van der Waals surface area contributed by atoms with Crippen LogP contribution in [0.5, 0.6) is 5.75 Å². The van der Waals surface area contributed by atoms with Crippen LogP contribution in [0.3, 0.4) is 0 Å². The molecule has 0 aliphatic carbocycles. The Morgan fingerprint density at radius 3 is 2.13 bits per heavy atom. The predicted octanol–water partition coefficient (Wildman–Crippen LogP) is 2.31. The van der Waals surface area contributed by atoms with Gasteiger partial charge in [0.15, 0.2) is 5.11 Å². The minimum Gasteiger partial charge on any atom is -0.508 e. The summed E-state index contributed by atoms with van der Waals surface area (Å²) in [5, 5.41) is 14.7. The van der Waals surface area contributed by atoms with E-state index in [1.54, 1.807) is 12.1 Å². The normalized spacial score (nSPS) is 9.78. The topological polar surface area (TPSA) is 87.7 Å². The number of rotatable bonds is 3. The number of anilines is 1. The Hall–Kier alpha value is -2.93. The lowest BCUT2D eigenvalue weighted by atomic mass is 10.1. The minimum absolute atomic E-state index is 0.123. The van der Waals surface area contributed by atoms with Crippen LogP contribution in [0, 0.1) is 0 Å². The summed E-state index contributed by atoms with van der Waals surface area (Å²) in [6.07, 6.45) is 0. The summed E-state index contributed by atoms with van der Waals surface area (Å²) in [5.74, 6) is -0.740. The summed E-state index contributed by atoms with van der Waals surface area (Å²) in [7, 11) is 1.29. The fourth-order valence-corrected chi connectivity index (χ4v) is 1.97. The van der Waals surface area contributed by atoms with Crippen molar-refractivity contribution in [3.63, 3.8) is 0 Å². The first-order chi connectivity index (χ1) is 11.0. The molecule has 0 heterocycles. The van der Waals surface area contributed by atoms with Gasteiger partial charge in [-0.3, -0.25) is 10.1 Å². The van der Waals surface area contributed by atoms with Crippen LogP contribution in [0.15, 0.2) is 48.5 Å². The number of carbonyl (C=O) groups is 2. The molecular formula is C16H14N2O4S. The molecular weight excluding hydrogens is 316 g/mol. The second-order valence-electron chi connectivity index (χ2n) is 4.52. The Labute approximate surface area is 138 Å². The molecule has 3 N–H and O–H groups in total. The van der Waals surface area contributed by atoms with Crippen LogP contribution in [-0.4, -0.2) is 29.2 Å². The van der Waals surface area contributed by atoms with Crippen molar-refractivity contribution in [2.45, 2.75) is 0 Å². The van der Waals surface area contributed by atoms with Crippen LogP contribution in [0.4, 0.5) is 5.69 Å². The van der Waals surface area contributed by atoms with Gasteiger partial charge in [0.2, 0.25) is 0 Å². The molecule has 0 aliphatic heterocycles. The predicted molar refractivity (Wildman–Crippen MR) is 89.6 cm³/mol. The second-order valence-corrected chi connectivity index (χ2v) is 4.93. The Bertz CT molecular complexity index is 727. The fraction of sp³-hybridized carbons (Fsp3) is 0.0625. The van der Waals surface area contributed by atoms with Crippen LogP contribution >= 0.6 is 12.2 Å². The molecule has 0 spiro atoms. The average Bonchev–Trinajstić information content (AvgIpc) is 2.56. The van der Waals surface area contributed by atoms with Crippen molar-refractivity contribution in [2.75, 3.05) is 12.4 Å². The zero-order valence-corrected chi connectivity index (χ0v) is 13.0. The summed E-state index contributed by atoms with van der Waals surface area (Å²) in [5.41, 5.74) is 1.34. The number of phenols is 1. The van der Waals surface area contributed by atoms with Gasteiger partial charge in [0.1, 0.15) is 5.75 Å². The first-order valence-electron chi connectivity index (χ1n) is 6.59. The quantitative estimate of drug-likeness (QED) is 0.455. The smallest absolute Gasteiger partial charge is 0.337 e. The molecule has 0 aromatic heterocycles. The molecule has 118 valence electrons. The summed E-state index contributed by atoms with van der Waals surface area (Å²) >= 11 is 5.05. The van der Waals surface area contributed by atoms with E-state index in [1.165, 1.54) is 43.5 Å². The summed E-state index contributed by atoms with van der Waals surface area (Å²) in [6, 6.07) is 12.2. The average molecular weight is 330 g/mol. The van der Waals surface area contributed by atoms with Crippen molar-refractivity contribution in [2.24, 2.45) is 0 Å². The fourth-order valence-electron chi connectivity index (χ4n) is 1.76. The third kappa shape index (κ3) is 4.52. The van der Waals surface area contributed by atoms with Crippen molar-refractivity contribution in [1.29, 1.82) is 0 Å². The van der Waals surface area contributed by atoms with E-state index in [0.29, 0.717) is 16.8 Å². The van der Waals surface area contributed by atoms with Gasteiger partial charge in [0.25, 0.3) is 5.91 Å². The molecule has 2 aromatic rings. The number of hydrogen-bond donors (Lipinski definition) is 3. The van der Waals surface area contributed by atoms with E-state index in [0.717, 1.165) is 0 Å². The van der Waals surface area contributed by atoms with Crippen LogP contribution in [0.1, 0.15) is 20.7 Å². The number of hydrogen-bond acceptors (Lipinski definition) is 5. The molecule has 0 saturated carbocycles. The van der Waals surface area contributed by atoms with E-state index >= 15 is 0 Å². The van der Waals surface area contributed by atoms with E-state index in [2.05, 4.69) is 15.4 Å². The van der Waals surface area contributed by atoms with Crippen LogP contribution in [-0.2, 0) is 4.74 Å². The molecule has 0 aliphatic rings. The van der Waals surface area contributed by atoms with E-state index in [-0.39, 0.29) is 10.9 Å². The first-order valence-corrected chi connectivity index (χ1v) is 7.00. The number of aromatic hydroxyl groups is 1. The summed E-state index contributed by atoms with van der Waals surface area (Å²) < 4.78 is 4.59. The molecule has 0 fully saturated rings. The lowest BCUT2D eigenvalue weighted by Crippen LogP contribution is -2.34. The molecule has 2 rings (SSSR count). The maximum Gasteiger partial charge on any atom is 0.337 e. The molecule has 1 amide bonds. The zero-order chi connectivity index (χ0) is 16.8. The third-order valence-electron chi connectivity index (χ3n) is 2.92. The van der Waals surface area contributed by atoms with Gasteiger partial charge in [-0.25, -0.2) is 4.79 Å². The minimum atomic E-state index is -0.471. The highest BCUT2D eigenvalue weighted by Crippen LogP contribution is 2.13. The molecule has 2 aromatic carbocycles. The van der Waals surface area contributed by atoms with Gasteiger partial charge in [-0.1, -0.05) is 0 Å². The molecule has 0 bridgehead atoms. The number of methoxy groups -OCH3 is 1. The van der Waals surface area contributed by atoms with Gasteiger partial charge in [-0.05, 0) is 60.7 Å². The number of esters is 1. The van der Waals surface area contributed by atoms with Crippen LogP contribution in [0.2, 0.25) is 0 Å². The van der Waals surface area contributed by atoms with E-state index in [9.17, 15) is 14.7 Å². The monoisotopic (exact) mass is 330 g/mol. The molecule has 0 unspecified atom stereocenters. The lowest BCUT2D eigenvalue weighted by molar-refractivity contribution is 0.0600. The maximum atomic E-state index is 12.1. The van der Waals surface area contributed by atoms with Crippen molar-refractivity contribution in [3.05, 3.63) is 59.7 Å². The summed E-state index contributed by atoms with van der Waals surface area (Å²) in [4.78, 5) is 23.4. The number of carbonyl (C=O) groups excluding carboxylic acids is 2. The Balaban J connectivity index is 1.96. The largest absolute Gasteiger partial charge is 0.508 e. The highest BCUT2D eigenvalue weighted by molar-refractivity contribution is 7.80. The maximum absolute atomic E-state index is 12.1. The van der Waals surface area contributed by atoms with Gasteiger partial charge in [0.05, 0.1) is 12.7 Å². The zero-order valence-electron chi connectivity index (χ0n) is 12.2. The van der Waals surface area contributed by atoms with Crippen molar-refractivity contribution >= 4 is 34.9 Å². The van der Waals surface area contributed by atoms with E-state index in [1.807, 2.05) is 0 Å². The number of benzene rings is 2. The van der Waals surface area contributed by atoms with Gasteiger partial charge in [-0.2, -0.15) is 0 Å². The number of phenolic OH excluding ortho intramolecular Hbond substituents is 1. The molecule has 0 radical (unpaired) electrons. The van der Waals surface area contributed by atoms with E-state index in [4.69, 9.17) is 12.2 Å². The molecule has 0 atom stereocenters. The molecule has 7 heteroatoms. The standard InChI is InChI=1S/C16H14N2O4S/c1-22-15(21)11-4-2-10(3-5-11)14(20)18-16(23)17-12-6-8-13(19)9-7-12/h2-9,19H,1H3,(H2,17,18,20,23). The van der Waals surface area contributed by atoms with Crippen molar-refractivity contribution < 1.29 is 19.4 Å². The SMILES string of the molecule is COC(=O)c1ccc(C(=O)NC(=S)Nc2ccc(O)cc2)cc1. The Morgan fingerprint density at radius 1 is 1.00 bits per heavy atom.